The fourth-order valence-corrected chi connectivity index (χ4v) is 2.15. The van der Waals surface area contributed by atoms with Crippen molar-refractivity contribution < 1.29 is 14.3 Å². The smallest absolute Gasteiger partial charge is 0.258 e. The number of ether oxygens (including phenoxy) is 2. The third-order valence-corrected chi connectivity index (χ3v) is 3.39. The number of halogens is 1. The van der Waals surface area contributed by atoms with Gasteiger partial charge in [-0.1, -0.05) is 29.8 Å². The molecular formula is C17H18ClNO3. The van der Waals surface area contributed by atoms with Crippen LogP contribution < -0.4 is 14.8 Å². The average Bonchev–Trinajstić information content (AvgIpc) is 2.53. The van der Waals surface area contributed by atoms with Crippen LogP contribution in [0.15, 0.2) is 48.5 Å². The Morgan fingerprint density at radius 1 is 1.18 bits per heavy atom. The molecule has 0 aliphatic carbocycles. The molecule has 0 heterocycles. The Morgan fingerprint density at radius 3 is 2.55 bits per heavy atom. The molecule has 1 atom stereocenters. The van der Waals surface area contributed by atoms with E-state index in [1.165, 1.54) is 0 Å². The summed E-state index contributed by atoms with van der Waals surface area (Å²) in [7, 11) is 1.62. The summed E-state index contributed by atoms with van der Waals surface area (Å²) in [6, 6.07) is 14.4. The molecule has 0 aromatic heterocycles. The standard InChI is InChI=1S/C17H18ClNO3/c1-12(13-6-8-15(21-2)9-7-13)19-17(20)11-22-16-5-3-4-14(18)10-16/h3-10,12H,11H2,1-2H3,(H,19,20)/t12-/m0/s1. The highest BCUT2D eigenvalue weighted by atomic mass is 35.5. The van der Waals surface area contributed by atoms with Crippen LogP contribution in [0.4, 0.5) is 0 Å². The minimum atomic E-state index is -0.191. The van der Waals surface area contributed by atoms with Crippen molar-refractivity contribution in [3.05, 3.63) is 59.1 Å². The van der Waals surface area contributed by atoms with E-state index in [0.29, 0.717) is 10.8 Å². The van der Waals surface area contributed by atoms with Crippen LogP contribution in [-0.2, 0) is 4.79 Å². The molecule has 0 saturated carbocycles. The van der Waals surface area contributed by atoms with E-state index in [4.69, 9.17) is 21.1 Å². The summed E-state index contributed by atoms with van der Waals surface area (Å²) in [5.41, 5.74) is 0.997. The van der Waals surface area contributed by atoms with Gasteiger partial charge in [-0.05, 0) is 42.8 Å². The average molecular weight is 320 g/mol. The molecular weight excluding hydrogens is 302 g/mol. The normalized spacial score (nSPS) is 11.6. The molecule has 0 unspecified atom stereocenters. The van der Waals surface area contributed by atoms with Crippen LogP contribution in [0.2, 0.25) is 5.02 Å². The highest BCUT2D eigenvalue weighted by Gasteiger charge is 2.10. The van der Waals surface area contributed by atoms with E-state index in [2.05, 4.69) is 5.32 Å². The molecule has 22 heavy (non-hydrogen) atoms. The fourth-order valence-electron chi connectivity index (χ4n) is 1.96. The van der Waals surface area contributed by atoms with Crippen LogP contribution in [0, 0.1) is 0 Å². The first kappa shape index (κ1) is 16.2. The van der Waals surface area contributed by atoms with Gasteiger partial charge in [-0.15, -0.1) is 0 Å². The van der Waals surface area contributed by atoms with Crippen LogP contribution in [0.3, 0.4) is 0 Å². The lowest BCUT2D eigenvalue weighted by Gasteiger charge is -2.15. The Bertz CT molecular complexity index is 628. The summed E-state index contributed by atoms with van der Waals surface area (Å²) in [4.78, 5) is 11.9. The van der Waals surface area contributed by atoms with Gasteiger partial charge in [0.2, 0.25) is 0 Å². The first-order valence-corrected chi connectivity index (χ1v) is 7.28. The van der Waals surface area contributed by atoms with Gasteiger partial charge in [0, 0.05) is 5.02 Å². The molecule has 5 heteroatoms. The predicted molar refractivity (Wildman–Crippen MR) is 86.5 cm³/mol. The Balaban J connectivity index is 1.85. The van der Waals surface area contributed by atoms with Crippen molar-refractivity contribution in [1.29, 1.82) is 0 Å². The van der Waals surface area contributed by atoms with E-state index in [1.54, 1.807) is 31.4 Å². The van der Waals surface area contributed by atoms with Gasteiger partial charge in [-0.2, -0.15) is 0 Å². The Kier molecular flexibility index (Phi) is 5.67. The number of hydrogen-bond acceptors (Lipinski definition) is 3. The summed E-state index contributed by atoms with van der Waals surface area (Å²) in [5.74, 6) is 1.16. The van der Waals surface area contributed by atoms with Gasteiger partial charge in [0.1, 0.15) is 11.5 Å². The molecule has 0 aliphatic rings. The molecule has 2 aromatic rings. The van der Waals surface area contributed by atoms with Gasteiger partial charge >= 0.3 is 0 Å². The van der Waals surface area contributed by atoms with Gasteiger partial charge in [0.25, 0.3) is 5.91 Å². The van der Waals surface area contributed by atoms with Gasteiger partial charge in [0.15, 0.2) is 6.61 Å². The molecule has 0 aliphatic heterocycles. The van der Waals surface area contributed by atoms with Crippen LogP contribution >= 0.6 is 11.6 Å². The number of benzene rings is 2. The molecule has 1 N–H and O–H groups in total. The van der Waals surface area contributed by atoms with Crippen molar-refractivity contribution in [3.8, 4) is 11.5 Å². The number of rotatable bonds is 6. The SMILES string of the molecule is COc1ccc([C@H](C)NC(=O)COc2cccc(Cl)c2)cc1. The Hall–Kier alpha value is -2.20. The van der Waals surface area contributed by atoms with E-state index in [1.807, 2.05) is 31.2 Å². The fraction of sp³-hybridized carbons (Fsp3) is 0.235. The lowest BCUT2D eigenvalue weighted by Crippen LogP contribution is -2.31. The zero-order chi connectivity index (χ0) is 15.9. The minimum absolute atomic E-state index is 0.0547. The van der Waals surface area contributed by atoms with Crippen molar-refractivity contribution in [3.63, 3.8) is 0 Å². The number of nitrogens with one attached hydrogen (secondary N) is 1. The van der Waals surface area contributed by atoms with Crippen molar-refractivity contribution >= 4 is 17.5 Å². The van der Waals surface area contributed by atoms with Gasteiger partial charge in [0.05, 0.1) is 13.2 Å². The Labute approximate surface area is 135 Å². The van der Waals surface area contributed by atoms with Crippen LogP contribution in [0.25, 0.3) is 0 Å². The summed E-state index contributed by atoms with van der Waals surface area (Å²) < 4.78 is 10.5. The topological polar surface area (TPSA) is 47.6 Å². The lowest BCUT2D eigenvalue weighted by atomic mass is 10.1. The molecule has 2 aromatic carbocycles. The highest BCUT2D eigenvalue weighted by molar-refractivity contribution is 6.30. The van der Waals surface area contributed by atoms with E-state index in [-0.39, 0.29) is 18.6 Å². The molecule has 116 valence electrons. The second-order valence-corrected chi connectivity index (χ2v) is 5.24. The number of methoxy groups -OCH3 is 1. The number of hydrogen-bond donors (Lipinski definition) is 1. The predicted octanol–water partition coefficient (Wildman–Crippen LogP) is 3.60. The first-order valence-electron chi connectivity index (χ1n) is 6.90. The van der Waals surface area contributed by atoms with Gasteiger partial charge < -0.3 is 14.8 Å². The van der Waals surface area contributed by atoms with Crippen LogP contribution in [-0.4, -0.2) is 19.6 Å². The highest BCUT2D eigenvalue weighted by Crippen LogP contribution is 2.18. The van der Waals surface area contributed by atoms with Crippen molar-refractivity contribution in [2.75, 3.05) is 13.7 Å². The second kappa shape index (κ2) is 7.71. The van der Waals surface area contributed by atoms with E-state index < -0.39 is 0 Å². The molecule has 0 saturated heterocycles. The maximum atomic E-state index is 11.9. The third kappa shape index (κ3) is 4.67. The Morgan fingerprint density at radius 2 is 1.91 bits per heavy atom. The van der Waals surface area contributed by atoms with E-state index >= 15 is 0 Å². The maximum absolute atomic E-state index is 11.9. The maximum Gasteiger partial charge on any atom is 0.258 e. The zero-order valence-corrected chi connectivity index (χ0v) is 13.3. The van der Waals surface area contributed by atoms with Gasteiger partial charge in [-0.3, -0.25) is 4.79 Å². The molecule has 0 radical (unpaired) electrons. The molecule has 1 amide bonds. The molecule has 4 nitrogen and oxygen atoms in total. The molecule has 0 bridgehead atoms. The second-order valence-electron chi connectivity index (χ2n) is 4.81. The first-order chi connectivity index (χ1) is 10.6. The van der Waals surface area contributed by atoms with Crippen molar-refractivity contribution in [2.45, 2.75) is 13.0 Å². The largest absolute Gasteiger partial charge is 0.497 e. The summed E-state index contributed by atoms with van der Waals surface area (Å²) in [6.07, 6.45) is 0. The number of carbonyl (C=O) groups excluding carboxylic acids is 1. The molecule has 2 rings (SSSR count). The van der Waals surface area contributed by atoms with Gasteiger partial charge in [-0.25, -0.2) is 0 Å². The molecule has 0 fully saturated rings. The van der Waals surface area contributed by atoms with E-state index in [9.17, 15) is 4.79 Å². The molecule has 0 spiro atoms. The lowest BCUT2D eigenvalue weighted by molar-refractivity contribution is -0.123. The van der Waals surface area contributed by atoms with Crippen molar-refractivity contribution in [1.82, 2.24) is 5.32 Å². The number of amides is 1. The third-order valence-electron chi connectivity index (χ3n) is 3.16. The summed E-state index contributed by atoms with van der Waals surface area (Å²) >= 11 is 5.86. The monoisotopic (exact) mass is 319 g/mol. The summed E-state index contributed by atoms with van der Waals surface area (Å²) in [6.45, 7) is 1.86. The minimum Gasteiger partial charge on any atom is -0.497 e. The summed E-state index contributed by atoms with van der Waals surface area (Å²) in [5, 5.41) is 3.45. The van der Waals surface area contributed by atoms with E-state index in [0.717, 1.165) is 11.3 Å². The van der Waals surface area contributed by atoms with Crippen LogP contribution in [0.1, 0.15) is 18.5 Å². The number of carbonyl (C=O) groups is 1. The van der Waals surface area contributed by atoms with Crippen molar-refractivity contribution in [2.24, 2.45) is 0 Å². The quantitative estimate of drug-likeness (QED) is 0.885. The zero-order valence-electron chi connectivity index (χ0n) is 12.5. The van der Waals surface area contributed by atoms with Crippen LogP contribution in [0.5, 0.6) is 11.5 Å².